The minimum absolute atomic E-state index is 0.0561. The molecule has 0 bridgehead atoms. The van der Waals surface area contributed by atoms with Crippen LogP contribution in [0.25, 0.3) is 11.3 Å². The van der Waals surface area contributed by atoms with Crippen LogP contribution in [0, 0.1) is 0 Å². The molecular formula is C21H28N4O. The fourth-order valence-corrected chi connectivity index (χ4v) is 4.16. The van der Waals surface area contributed by atoms with Gasteiger partial charge in [0, 0.05) is 38.8 Å². The van der Waals surface area contributed by atoms with Gasteiger partial charge in [-0.15, -0.1) is 0 Å². The number of fused-ring (bicyclic) bond motifs is 1. The Morgan fingerprint density at radius 2 is 1.77 bits per heavy atom. The highest BCUT2D eigenvalue weighted by Crippen LogP contribution is 2.28. The van der Waals surface area contributed by atoms with Crippen molar-refractivity contribution in [1.82, 2.24) is 19.6 Å². The molecule has 0 atom stereocenters. The van der Waals surface area contributed by atoms with E-state index in [0.29, 0.717) is 5.69 Å². The number of rotatable bonds is 3. The summed E-state index contributed by atoms with van der Waals surface area (Å²) in [5.41, 5.74) is 5.68. The summed E-state index contributed by atoms with van der Waals surface area (Å²) in [5.74, 6) is 0.0561. The molecule has 0 N–H and O–H groups in total. The molecule has 5 heteroatoms. The number of benzene rings is 1. The predicted octanol–water partition coefficient (Wildman–Crippen LogP) is 2.74. The molecule has 1 aromatic heterocycles. The zero-order chi connectivity index (χ0) is 18.1. The van der Waals surface area contributed by atoms with Crippen LogP contribution in [0.1, 0.15) is 41.4 Å². The van der Waals surface area contributed by atoms with Crippen LogP contribution in [0.15, 0.2) is 24.3 Å². The van der Waals surface area contributed by atoms with Gasteiger partial charge in [0.15, 0.2) is 5.69 Å². The molecule has 1 saturated heterocycles. The molecule has 1 aliphatic heterocycles. The van der Waals surface area contributed by atoms with E-state index in [-0.39, 0.29) is 5.91 Å². The molecule has 0 radical (unpaired) electrons. The lowest BCUT2D eigenvalue weighted by molar-refractivity contribution is 0.0637. The van der Waals surface area contributed by atoms with Crippen LogP contribution in [0.5, 0.6) is 0 Å². The van der Waals surface area contributed by atoms with Crippen LogP contribution in [0.4, 0.5) is 0 Å². The second-order valence-electron chi connectivity index (χ2n) is 7.46. The van der Waals surface area contributed by atoms with Gasteiger partial charge in [-0.1, -0.05) is 19.1 Å². The molecule has 2 heterocycles. The zero-order valence-electron chi connectivity index (χ0n) is 15.9. The molecule has 0 unspecified atom stereocenters. The first-order chi connectivity index (χ1) is 12.7. The molecule has 1 amide bonds. The smallest absolute Gasteiger partial charge is 0.274 e. The van der Waals surface area contributed by atoms with Gasteiger partial charge < -0.3 is 9.80 Å². The van der Waals surface area contributed by atoms with Gasteiger partial charge in [-0.2, -0.15) is 5.10 Å². The monoisotopic (exact) mass is 352 g/mol. The van der Waals surface area contributed by atoms with Crippen molar-refractivity contribution >= 4 is 5.91 Å². The average Bonchev–Trinajstić information content (AvgIpc) is 3.08. The van der Waals surface area contributed by atoms with Crippen molar-refractivity contribution in [2.45, 2.75) is 32.6 Å². The summed E-state index contributed by atoms with van der Waals surface area (Å²) in [6, 6.07) is 8.68. The van der Waals surface area contributed by atoms with Crippen LogP contribution in [-0.2, 0) is 19.9 Å². The number of amides is 1. The molecule has 2 aromatic rings. The molecule has 5 nitrogen and oxygen atoms in total. The number of carbonyl (C=O) groups is 1. The Labute approximate surface area is 155 Å². The third kappa shape index (κ3) is 3.28. The average molecular weight is 352 g/mol. The maximum Gasteiger partial charge on any atom is 0.274 e. The number of carbonyl (C=O) groups excluding carboxylic acids is 1. The Bertz CT molecular complexity index is 802. The van der Waals surface area contributed by atoms with E-state index in [4.69, 9.17) is 0 Å². The molecular weight excluding hydrogens is 324 g/mol. The van der Waals surface area contributed by atoms with E-state index >= 15 is 0 Å². The van der Waals surface area contributed by atoms with Crippen molar-refractivity contribution in [3.63, 3.8) is 0 Å². The van der Waals surface area contributed by atoms with Crippen LogP contribution >= 0.6 is 0 Å². The first-order valence-electron chi connectivity index (χ1n) is 9.83. The number of piperazine rings is 1. The molecule has 0 spiro atoms. The lowest BCUT2D eigenvalue weighted by Crippen LogP contribution is -2.48. The van der Waals surface area contributed by atoms with E-state index in [0.717, 1.165) is 50.4 Å². The van der Waals surface area contributed by atoms with Crippen LogP contribution < -0.4 is 0 Å². The fraction of sp³-hybridized carbons (Fsp3) is 0.524. The van der Waals surface area contributed by atoms with Crippen molar-refractivity contribution < 1.29 is 4.79 Å². The van der Waals surface area contributed by atoms with E-state index in [9.17, 15) is 4.79 Å². The number of nitrogens with zero attached hydrogens (tertiary/aromatic N) is 4. The minimum atomic E-state index is 0.0561. The third-order valence-electron chi connectivity index (χ3n) is 5.85. The molecule has 1 aromatic carbocycles. The van der Waals surface area contributed by atoms with Gasteiger partial charge in [-0.25, -0.2) is 0 Å². The highest BCUT2D eigenvalue weighted by molar-refractivity contribution is 5.93. The summed E-state index contributed by atoms with van der Waals surface area (Å²) in [5, 5.41) is 4.53. The van der Waals surface area contributed by atoms with E-state index in [1.165, 1.54) is 30.4 Å². The van der Waals surface area contributed by atoms with Crippen molar-refractivity contribution in [2.24, 2.45) is 7.05 Å². The minimum Gasteiger partial charge on any atom is -0.335 e. The molecule has 138 valence electrons. The van der Waals surface area contributed by atoms with E-state index in [2.05, 4.69) is 35.1 Å². The summed E-state index contributed by atoms with van der Waals surface area (Å²) >= 11 is 0. The standard InChI is InChI=1S/C21H28N4O/c1-3-24-10-12-25(13-11-24)21(26)19-15-20(23(2)22-19)18-9-8-16-6-4-5-7-17(16)14-18/h8-9,14-15H,3-7,10-13H2,1-2H3. The van der Waals surface area contributed by atoms with Crippen LogP contribution in [0.2, 0.25) is 0 Å². The van der Waals surface area contributed by atoms with Gasteiger partial charge in [0.1, 0.15) is 0 Å². The highest BCUT2D eigenvalue weighted by atomic mass is 16.2. The summed E-state index contributed by atoms with van der Waals surface area (Å²) in [4.78, 5) is 17.2. The second-order valence-corrected chi connectivity index (χ2v) is 7.46. The van der Waals surface area contributed by atoms with E-state index in [1.807, 2.05) is 22.7 Å². The largest absolute Gasteiger partial charge is 0.335 e. The fourth-order valence-electron chi connectivity index (χ4n) is 4.16. The van der Waals surface area contributed by atoms with Gasteiger partial charge in [0.25, 0.3) is 5.91 Å². The molecule has 0 saturated carbocycles. The Morgan fingerprint density at radius 1 is 1.04 bits per heavy atom. The van der Waals surface area contributed by atoms with Crippen molar-refractivity contribution in [3.05, 3.63) is 41.1 Å². The molecule has 1 aliphatic carbocycles. The number of hydrogen-bond acceptors (Lipinski definition) is 3. The molecule has 26 heavy (non-hydrogen) atoms. The van der Waals surface area contributed by atoms with Gasteiger partial charge >= 0.3 is 0 Å². The SMILES string of the molecule is CCN1CCN(C(=O)c2cc(-c3ccc4c(c3)CCCC4)n(C)n2)CC1. The van der Waals surface area contributed by atoms with Gasteiger partial charge in [0.05, 0.1) is 5.69 Å². The zero-order valence-corrected chi connectivity index (χ0v) is 15.9. The lowest BCUT2D eigenvalue weighted by atomic mass is 9.90. The second kappa shape index (κ2) is 7.23. The van der Waals surface area contributed by atoms with Crippen LogP contribution in [0.3, 0.4) is 0 Å². The number of aryl methyl sites for hydroxylation is 3. The normalized spacial score (nSPS) is 18.0. The molecule has 1 fully saturated rings. The topological polar surface area (TPSA) is 41.4 Å². The van der Waals surface area contributed by atoms with Crippen molar-refractivity contribution in [2.75, 3.05) is 32.7 Å². The first kappa shape index (κ1) is 17.3. The molecule has 2 aliphatic rings. The van der Waals surface area contributed by atoms with Crippen molar-refractivity contribution in [1.29, 1.82) is 0 Å². The quantitative estimate of drug-likeness (QED) is 0.853. The van der Waals surface area contributed by atoms with Crippen LogP contribution in [-0.4, -0.2) is 58.2 Å². The summed E-state index contributed by atoms with van der Waals surface area (Å²) in [7, 11) is 1.93. The maximum atomic E-state index is 12.9. The van der Waals surface area contributed by atoms with Gasteiger partial charge in [0.2, 0.25) is 0 Å². The Kier molecular flexibility index (Phi) is 4.81. The summed E-state index contributed by atoms with van der Waals surface area (Å²) < 4.78 is 1.85. The number of aromatic nitrogens is 2. The Hall–Kier alpha value is -2.14. The van der Waals surface area contributed by atoms with Gasteiger partial charge in [-0.05, 0) is 55.5 Å². The van der Waals surface area contributed by atoms with E-state index < -0.39 is 0 Å². The maximum absolute atomic E-state index is 12.9. The Morgan fingerprint density at radius 3 is 2.50 bits per heavy atom. The summed E-state index contributed by atoms with van der Waals surface area (Å²) in [6.45, 7) is 6.70. The summed E-state index contributed by atoms with van der Waals surface area (Å²) in [6.07, 6.45) is 4.92. The number of likely N-dealkylation sites (N-methyl/N-ethyl adjacent to an activating group) is 1. The highest BCUT2D eigenvalue weighted by Gasteiger charge is 2.24. The third-order valence-corrected chi connectivity index (χ3v) is 5.85. The predicted molar refractivity (Wildman–Crippen MR) is 103 cm³/mol. The number of hydrogen-bond donors (Lipinski definition) is 0. The van der Waals surface area contributed by atoms with Gasteiger partial charge in [-0.3, -0.25) is 9.48 Å². The lowest BCUT2D eigenvalue weighted by Gasteiger charge is -2.33. The first-order valence-corrected chi connectivity index (χ1v) is 9.83. The molecule has 4 rings (SSSR count). The Balaban J connectivity index is 1.55. The van der Waals surface area contributed by atoms with E-state index in [1.54, 1.807) is 0 Å². The van der Waals surface area contributed by atoms with Crippen molar-refractivity contribution in [3.8, 4) is 11.3 Å².